The van der Waals surface area contributed by atoms with Gasteiger partial charge in [0.2, 0.25) is 0 Å². The van der Waals surface area contributed by atoms with Crippen molar-refractivity contribution in [1.29, 1.82) is 0 Å². The Morgan fingerprint density at radius 2 is 1.40 bits per heavy atom. The highest BCUT2D eigenvalue weighted by Gasteiger charge is 2.07. The van der Waals surface area contributed by atoms with E-state index in [4.69, 9.17) is 4.79 Å². The highest BCUT2D eigenvalue weighted by molar-refractivity contribution is 5.10. The van der Waals surface area contributed by atoms with Crippen LogP contribution in [0.4, 0.5) is 0 Å². The van der Waals surface area contributed by atoms with Gasteiger partial charge < -0.3 is 4.79 Å². The molecule has 0 aliphatic heterocycles. The Hall–Kier alpha value is -0.330. The predicted octanol–water partition coefficient (Wildman–Crippen LogP) is 3.04. The fourth-order valence-corrected chi connectivity index (χ4v) is 1.13. The molecule has 0 aromatic carbocycles. The lowest BCUT2D eigenvalue weighted by Gasteiger charge is -1.91. The van der Waals surface area contributed by atoms with Gasteiger partial charge in [-0.3, -0.25) is 0 Å². The van der Waals surface area contributed by atoms with E-state index in [1.165, 1.54) is 25.7 Å². The molecule has 0 radical (unpaired) electrons. The molecule has 0 N–H and O–H groups in total. The van der Waals surface area contributed by atoms with Crippen molar-refractivity contribution in [3.8, 4) is 0 Å². The summed E-state index contributed by atoms with van der Waals surface area (Å²) in [5, 5.41) is 0. The van der Waals surface area contributed by atoms with Gasteiger partial charge in [0.25, 0.3) is 0 Å². The molecule has 1 aliphatic rings. The first kappa shape index (κ1) is 12.4. The molecule has 0 bridgehead atoms. The van der Waals surface area contributed by atoms with Gasteiger partial charge in [-0.05, 0) is 5.92 Å². The lowest BCUT2D eigenvalue weighted by Crippen LogP contribution is -1.78. The molecule has 1 nitrogen and oxygen atoms in total. The minimum absolute atomic E-state index is 1.05. The Morgan fingerprint density at radius 1 is 1.10 bits per heavy atom. The first-order chi connectivity index (χ1) is 4.89. The van der Waals surface area contributed by atoms with Crippen molar-refractivity contribution in [3.05, 3.63) is 0 Å². The average molecular weight is 144 g/mol. The summed E-state index contributed by atoms with van der Waals surface area (Å²) in [5.74, 6) is 1.05. The van der Waals surface area contributed by atoms with Gasteiger partial charge >= 0.3 is 0 Å². The summed E-state index contributed by atoms with van der Waals surface area (Å²) < 4.78 is 0. The van der Waals surface area contributed by atoms with E-state index in [2.05, 4.69) is 6.92 Å². The first-order valence-electron chi connectivity index (χ1n) is 4.18. The van der Waals surface area contributed by atoms with Crippen molar-refractivity contribution in [3.63, 3.8) is 0 Å². The Bertz CT molecular complexity index is 46.7. The van der Waals surface area contributed by atoms with Crippen LogP contribution in [-0.2, 0) is 4.79 Å². The minimum atomic E-state index is 1.05. The molecule has 0 saturated heterocycles. The second-order valence-corrected chi connectivity index (χ2v) is 2.39. The van der Waals surface area contributed by atoms with Gasteiger partial charge in [-0.1, -0.05) is 46.5 Å². The van der Waals surface area contributed by atoms with E-state index < -0.39 is 0 Å². The normalized spacial score (nSPS) is 16.3. The van der Waals surface area contributed by atoms with Crippen LogP contribution in [0.1, 0.15) is 46.5 Å². The highest BCUT2D eigenvalue weighted by Crippen LogP contribution is 2.22. The van der Waals surface area contributed by atoms with Crippen molar-refractivity contribution in [2.75, 3.05) is 0 Å². The van der Waals surface area contributed by atoms with Gasteiger partial charge in [0.05, 0.1) is 0 Å². The van der Waals surface area contributed by atoms with Crippen LogP contribution in [0, 0.1) is 5.92 Å². The molecule has 0 atom stereocenters. The van der Waals surface area contributed by atoms with Crippen molar-refractivity contribution in [2.45, 2.75) is 46.5 Å². The van der Waals surface area contributed by atoms with Crippen LogP contribution in [0.3, 0.4) is 0 Å². The molecule has 10 heavy (non-hydrogen) atoms. The molecular weight excluding hydrogens is 124 g/mol. The fourth-order valence-electron chi connectivity index (χ4n) is 1.13. The van der Waals surface area contributed by atoms with Crippen molar-refractivity contribution in [2.24, 2.45) is 5.92 Å². The zero-order valence-corrected chi connectivity index (χ0v) is 7.52. The average Bonchev–Trinajstić information content (AvgIpc) is 2.48. The topological polar surface area (TPSA) is 17.1 Å². The largest absolute Gasteiger partial charge is 0.307 e. The molecule has 0 aromatic rings. The lowest BCUT2D eigenvalue weighted by atomic mass is 10.2. The van der Waals surface area contributed by atoms with Crippen LogP contribution in [0.15, 0.2) is 0 Å². The highest BCUT2D eigenvalue weighted by atomic mass is 16.1. The lowest BCUT2D eigenvalue weighted by molar-refractivity contribution is -0.0979. The van der Waals surface area contributed by atoms with E-state index in [1.54, 1.807) is 0 Å². The Balaban J connectivity index is 0. The summed E-state index contributed by atoms with van der Waals surface area (Å²) in [6.45, 7) is 8.34. The van der Waals surface area contributed by atoms with Crippen LogP contribution in [0.25, 0.3) is 0 Å². The summed E-state index contributed by atoms with van der Waals surface area (Å²) in [7, 11) is 0. The third-order valence-electron chi connectivity index (χ3n) is 1.64. The van der Waals surface area contributed by atoms with Crippen LogP contribution >= 0.6 is 0 Å². The molecule has 1 fully saturated rings. The SMILES string of the molecule is C=O.CC.CC1CCCC1. The van der Waals surface area contributed by atoms with Crippen molar-refractivity contribution >= 4 is 6.79 Å². The monoisotopic (exact) mass is 144 g/mol. The van der Waals surface area contributed by atoms with Crippen molar-refractivity contribution < 1.29 is 4.79 Å². The van der Waals surface area contributed by atoms with Gasteiger partial charge in [0.15, 0.2) is 0 Å². The Morgan fingerprint density at radius 3 is 1.50 bits per heavy atom. The summed E-state index contributed by atoms with van der Waals surface area (Å²) in [6.07, 6.45) is 5.95. The maximum Gasteiger partial charge on any atom is 0.106 e. The van der Waals surface area contributed by atoms with Crippen LogP contribution in [0.2, 0.25) is 0 Å². The molecule has 0 heterocycles. The predicted molar refractivity (Wildman–Crippen MR) is 46.1 cm³/mol. The molecule has 0 spiro atoms. The molecule has 62 valence electrons. The maximum atomic E-state index is 8.00. The number of carbonyl (C=O) groups excluding carboxylic acids is 1. The first-order valence-corrected chi connectivity index (χ1v) is 4.18. The third kappa shape index (κ3) is 7.67. The van der Waals surface area contributed by atoms with E-state index >= 15 is 0 Å². The van der Waals surface area contributed by atoms with E-state index in [9.17, 15) is 0 Å². The summed E-state index contributed by atoms with van der Waals surface area (Å²) >= 11 is 0. The van der Waals surface area contributed by atoms with Crippen LogP contribution < -0.4 is 0 Å². The van der Waals surface area contributed by atoms with Gasteiger partial charge in [-0.15, -0.1) is 0 Å². The second-order valence-electron chi connectivity index (χ2n) is 2.39. The van der Waals surface area contributed by atoms with E-state index in [1.807, 2.05) is 20.6 Å². The molecule has 0 amide bonds. The summed E-state index contributed by atoms with van der Waals surface area (Å²) in [4.78, 5) is 8.00. The van der Waals surface area contributed by atoms with Gasteiger partial charge in [-0.2, -0.15) is 0 Å². The van der Waals surface area contributed by atoms with E-state index in [0.717, 1.165) is 5.92 Å². The fraction of sp³-hybridized carbons (Fsp3) is 0.889. The zero-order chi connectivity index (χ0) is 8.41. The summed E-state index contributed by atoms with van der Waals surface area (Å²) in [6, 6.07) is 0. The molecular formula is C9H20O. The molecule has 1 heteroatoms. The zero-order valence-electron chi connectivity index (χ0n) is 7.52. The second kappa shape index (κ2) is 11.5. The number of rotatable bonds is 0. The molecule has 0 aromatic heterocycles. The maximum absolute atomic E-state index is 8.00. The number of carbonyl (C=O) groups is 1. The quantitative estimate of drug-likeness (QED) is 0.510. The molecule has 1 aliphatic carbocycles. The Kier molecular flexibility index (Phi) is 14.2. The van der Waals surface area contributed by atoms with Gasteiger partial charge in [0.1, 0.15) is 6.79 Å². The van der Waals surface area contributed by atoms with Gasteiger partial charge in [-0.25, -0.2) is 0 Å². The van der Waals surface area contributed by atoms with E-state index in [0.29, 0.717) is 0 Å². The summed E-state index contributed by atoms with van der Waals surface area (Å²) in [5.41, 5.74) is 0. The van der Waals surface area contributed by atoms with Crippen molar-refractivity contribution in [1.82, 2.24) is 0 Å². The molecule has 0 unspecified atom stereocenters. The smallest absolute Gasteiger partial charge is 0.106 e. The minimum Gasteiger partial charge on any atom is -0.307 e. The molecule has 1 saturated carbocycles. The standard InChI is InChI=1S/C6H12.C2H6.CH2O/c1-6-4-2-3-5-6;2*1-2/h6H,2-5H2,1H3;1-2H3;1H2. The molecule has 1 rings (SSSR count). The van der Waals surface area contributed by atoms with E-state index in [-0.39, 0.29) is 0 Å². The Labute approximate surface area is 64.8 Å². The third-order valence-corrected chi connectivity index (χ3v) is 1.64. The van der Waals surface area contributed by atoms with Crippen LogP contribution in [0.5, 0.6) is 0 Å². The number of hydrogen-bond donors (Lipinski definition) is 0. The number of hydrogen-bond acceptors (Lipinski definition) is 1. The van der Waals surface area contributed by atoms with Gasteiger partial charge in [0, 0.05) is 0 Å². The van der Waals surface area contributed by atoms with Crippen LogP contribution in [-0.4, -0.2) is 6.79 Å².